The molecule has 1 aromatic carbocycles. The fourth-order valence-electron chi connectivity index (χ4n) is 1.18. The highest BCUT2D eigenvalue weighted by molar-refractivity contribution is 5.90. The van der Waals surface area contributed by atoms with E-state index in [-0.39, 0.29) is 11.9 Å². The molecule has 15 heavy (non-hydrogen) atoms. The zero-order chi connectivity index (χ0) is 11.3. The maximum Gasteiger partial charge on any atom is 0.225 e. The second kappa shape index (κ2) is 5.51. The number of amides is 1. The number of para-hydroxylation sites is 1. The third kappa shape index (κ3) is 4.13. The van der Waals surface area contributed by atoms with Gasteiger partial charge >= 0.3 is 0 Å². The number of benzene rings is 1. The van der Waals surface area contributed by atoms with Crippen molar-refractivity contribution >= 4 is 11.6 Å². The highest BCUT2D eigenvalue weighted by Crippen LogP contribution is 2.07. The second-order valence-electron chi connectivity index (χ2n) is 3.93. The van der Waals surface area contributed by atoms with Gasteiger partial charge in [0, 0.05) is 18.2 Å². The first-order valence-electron chi connectivity index (χ1n) is 5.11. The summed E-state index contributed by atoms with van der Waals surface area (Å²) in [6.45, 7) is 2.03. The first-order chi connectivity index (χ1) is 7.09. The number of carbonyl (C=O) groups is 1. The number of rotatable bonds is 4. The molecule has 0 aliphatic heterocycles. The topological polar surface area (TPSA) is 32.3 Å². The Bertz CT molecular complexity index is 309. The quantitative estimate of drug-likeness (QED) is 0.816. The fourth-order valence-corrected chi connectivity index (χ4v) is 1.18. The standard InChI is InChI=1S/C12H18N2O/c1-10(14(2)3)9-12(15)13-11-7-5-4-6-8-11/h4-8,10H,9H2,1-3H3,(H,13,15)/t10-/m1/s1. The zero-order valence-electron chi connectivity index (χ0n) is 9.53. The van der Waals surface area contributed by atoms with E-state index in [1.165, 1.54) is 0 Å². The van der Waals surface area contributed by atoms with Crippen LogP contribution in [0.5, 0.6) is 0 Å². The molecule has 0 unspecified atom stereocenters. The van der Waals surface area contributed by atoms with Gasteiger partial charge < -0.3 is 10.2 Å². The summed E-state index contributed by atoms with van der Waals surface area (Å²) >= 11 is 0. The van der Waals surface area contributed by atoms with Crippen molar-refractivity contribution in [1.82, 2.24) is 4.90 Å². The number of hydrogen-bond donors (Lipinski definition) is 1. The second-order valence-corrected chi connectivity index (χ2v) is 3.93. The van der Waals surface area contributed by atoms with Crippen molar-refractivity contribution in [2.24, 2.45) is 0 Å². The molecule has 3 heteroatoms. The van der Waals surface area contributed by atoms with Gasteiger partial charge in [0.05, 0.1) is 0 Å². The molecule has 0 fully saturated rings. The number of anilines is 1. The van der Waals surface area contributed by atoms with Crippen molar-refractivity contribution in [2.45, 2.75) is 19.4 Å². The summed E-state index contributed by atoms with van der Waals surface area (Å²) in [6, 6.07) is 9.78. The predicted octanol–water partition coefficient (Wildman–Crippen LogP) is 1.97. The van der Waals surface area contributed by atoms with E-state index >= 15 is 0 Å². The Hall–Kier alpha value is -1.35. The van der Waals surface area contributed by atoms with E-state index < -0.39 is 0 Å². The van der Waals surface area contributed by atoms with Gasteiger partial charge in [0.2, 0.25) is 5.91 Å². The molecule has 1 N–H and O–H groups in total. The lowest BCUT2D eigenvalue weighted by molar-refractivity contribution is -0.117. The molecule has 0 aliphatic rings. The average Bonchev–Trinajstić information content (AvgIpc) is 2.18. The lowest BCUT2D eigenvalue weighted by Crippen LogP contribution is -2.29. The van der Waals surface area contributed by atoms with Crippen molar-refractivity contribution < 1.29 is 4.79 Å². The van der Waals surface area contributed by atoms with Gasteiger partial charge in [-0.3, -0.25) is 4.79 Å². The normalized spacial score (nSPS) is 12.5. The van der Waals surface area contributed by atoms with Crippen LogP contribution in [-0.4, -0.2) is 30.9 Å². The van der Waals surface area contributed by atoms with E-state index in [0.717, 1.165) is 5.69 Å². The van der Waals surface area contributed by atoms with Crippen LogP contribution in [0.15, 0.2) is 30.3 Å². The third-order valence-electron chi connectivity index (χ3n) is 2.42. The van der Waals surface area contributed by atoms with E-state index in [1.54, 1.807) is 0 Å². The summed E-state index contributed by atoms with van der Waals surface area (Å²) in [5, 5.41) is 2.86. The SMILES string of the molecule is C[C@H](CC(=O)Nc1ccccc1)N(C)C. The van der Waals surface area contributed by atoms with Gasteiger partial charge in [-0.05, 0) is 33.2 Å². The minimum absolute atomic E-state index is 0.0578. The zero-order valence-corrected chi connectivity index (χ0v) is 9.53. The molecule has 1 amide bonds. The molecule has 1 rings (SSSR count). The molecule has 3 nitrogen and oxygen atoms in total. The van der Waals surface area contributed by atoms with Gasteiger partial charge in [-0.15, -0.1) is 0 Å². The van der Waals surface area contributed by atoms with Crippen molar-refractivity contribution in [1.29, 1.82) is 0 Å². The van der Waals surface area contributed by atoms with E-state index in [9.17, 15) is 4.79 Å². The summed E-state index contributed by atoms with van der Waals surface area (Å²) in [6.07, 6.45) is 0.516. The van der Waals surface area contributed by atoms with Gasteiger partial charge in [0.1, 0.15) is 0 Å². The highest BCUT2D eigenvalue weighted by Gasteiger charge is 2.10. The molecule has 0 aromatic heterocycles. The van der Waals surface area contributed by atoms with Crippen LogP contribution in [0.4, 0.5) is 5.69 Å². The summed E-state index contributed by atoms with van der Waals surface area (Å²) in [5.41, 5.74) is 0.855. The van der Waals surface area contributed by atoms with Gasteiger partial charge in [-0.2, -0.15) is 0 Å². The molecule has 0 saturated heterocycles. The van der Waals surface area contributed by atoms with E-state index in [2.05, 4.69) is 5.32 Å². The van der Waals surface area contributed by atoms with Crippen LogP contribution in [-0.2, 0) is 4.79 Å². The third-order valence-corrected chi connectivity index (χ3v) is 2.42. The molecule has 0 bridgehead atoms. The predicted molar refractivity (Wildman–Crippen MR) is 62.8 cm³/mol. The van der Waals surface area contributed by atoms with E-state index in [4.69, 9.17) is 0 Å². The Balaban J connectivity index is 2.43. The molecular weight excluding hydrogens is 188 g/mol. The summed E-state index contributed by atoms with van der Waals surface area (Å²) in [5.74, 6) is 0.0578. The minimum atomic E-state index is 0.0578. The van der Waals surface area contributed by atoms with Crippen LogP contribution < -0.4 is 5.32 Å². The molecule has 0 saturated carbocycles. The van der Waals surface area contributed by atoms with Crippen molar-refractivity contribution in [3.05, 3.63) is 30.3 Å². The Morgan fingerprint density at radius 1 is 1.33 bits per heavy atom. The Morgan fingerprint density at radius 2 is 1.93 bits per heavy atom. The monoisotopic (exact) mass is 206 g/mol. The molecule has 0 radical (unpaired) electrons. The lowest BCUT2D eigenvalue weighted by Gasteiger charge is -2.18. The maximum atomic E-state index is 11.6. The Labute approximate surface area is 91.1 Å². The molecule has 82 valence electrons. The molecule has 0 heterocycles. The number of nitrogens with zero attached hydrogens (tertiary/aromatic N) is 1. The largest absolute Gasteiger partial charge is 0.326 e. The van der Waals surface area contributed by atoms with Crippen LogP contribution in [0.1, 0.15) is 13.3 Å². The van der Waals surface area contributed by atoms with Crippen LogP contribution in [0.2, 0.25) is 0 Å². The van der Waals surface area contributed by atoms with Gasteiger partial charge in [0.15, 0.2) is 0 Å². The van der Waals surface area contributed by atoms with Crippen molar-refractivity contribution in [2.75, 3.05) is 19.4 Å². The van der Waals surface area contributed by atoms with Crippen LogP contribution in [0.3, 0.4) is 0 Å². The maximum absolute atomic E-state index is 11.6. The summed E-state index contributed by atoms with van der Waals surface area (Å²) < 4.78 is 0. The van der Waals surface area contributed by atoms with Gasteiger partial charge in [-0.1, -0.05) is 18.2 Å². The number of hydrogen-bond acceptors (Lipinski definition) is 2. The average molecular weight is 206 g/mol. The first kappa shape index (κ1) is 11.7. The van der Waals surface area contributed by atoms with Crippen molar-refractivity contribution in [3.8, 4) is 0 Å². The van der Waals surface area contributed by atoms with E-state index in [0.29, 0.717) is 6.42 Å². The fraction of sp³-hybridized carbons (Fsp3) is 0.417. The Morgan fingerprint density at radius 3 is 2.47 bits per heavy atom. The number of carbonyl (C=O) groups excluding carboxylic acids is 1. The molecular formula is C12H18N2O. The lowest BCUT2D eigenvalue weighted by atomic mass is 10.2. The molecule has 0 aliphatic carbocycles. The first-order valence-corrected chi connectivity index (χ1v) is 5.11. The number of nitrogens with one attached hydrogen (secondary N) is 1. The van der Waals surface area contributed by atoms with Gasteiger partial charge in [-0.25, -0.2) is 0 Å². The molecule has 0 spiro atoms. The van der Waals surface area contributed by atoms with Gasteiger partial charge in [0.25, 0.3) is 0 Å². The van der Waals surface area contributed by atoms with Crippen LogP contribution in [0.25, 0.3) is 0 Å². The van der Waals surface area contributed by atoms with E-state index in [1.807, 2.05) is 56.3 Å². The van der Waals surface area contributed by atoms with Crippen LogP contribution >= 0.6 is 0 Å². The molecule has 1 aromatic rings. The molecule has 1 atom stereocenters. The Kier molecular flexibility index (Phi) is 4.31. The minimum Gasteiger partial charge on any atom is -0.326 e. The summed E-state index contributed by atoms with van der Waals surface area (Å²) in [7, 11) is 3.95. The van der Waals surface area contributed by atoms with Crippen molar-refractivity contribution in [3.63, 3.8) is 0 Å². The van der Waals surface area contributed by atoms with Crippen LogP contribution in [0, 0.1) is 0 Å². The smallest absolute Gasteiger partial charge is 0.225 e. The highest BCUT2D eigenvalue weighted by atomic mass is 16.1. The summed E-state index contributed by atoms with van der Waals surface area (Å²) in [4.78, 5) is 13.6.